The van der Waals surface area contributed by atoms with Gasteiger partial charge >= 0.3 is 10.3 Å². The second-order valence-corrected chi connectivity index (χ2v) is 12.0. The van der Waals surface area contributed by atoms with Gasteiger partial charge in [-0.1, -0.05) is 17.7 Å². The van der Waals surface area contributed by atoms with Crippen LogP contribution < -0.4 is 10.5 Å². The smallest absolute Gasteiger partial charge is 0.333 e. The Kier molecular flexibility index (Phi) is 7.33. The van der Waals surface area contributed by atoms with Crippen LogP contribution in [0.3, 0.4) is 0 Å². The summed E-state index contributed by atoms with van der Waals surface area (Å²) < 4.78 is 26.8. The average Bonchev–Trinajstić information content (AvgIpc) is 3.53. The van der Waals surface area contributed by atoms with Crippen LogP contribution in [-0.2, 0) is 21.0 Å². The molecule has 0 bridgehead atoms. The molecule has 4 N–H and O–H groups in total. The molecule has 13 heteroatoms. The fraction of sp³-hybridized carbons (Fsp3) is 0.375. The van der Waals surface area contributed by atoms with Gasteiger partial charge in [-0.3, -0.25) is 13.9 Å². The van der Waals surface area contributed by atoms with Gasteiger partial charge in [-0.05, 0) is 60.2 Å². The molecule has 196 valence electrons. The molecule has 0 radical (unpaired) electrons. The van der Waals surface area contributed by atoms with Gasteiger partial charge in [0.2, 0.25) is 5.78 Å². The second kappa shape index (κ2) is 10.4. The Morgan fingerprint density at radius 1 is 1.35 bits per heavy atom. The van der Waals surface area contributed by atoms with Crippen LogP contribution in [0, 0.1) is 5.92 Å². The lowest BCUT2D eigenvalue weighted by atomic mass is 9.99. The van der Waals surface area contributed by atoms with Crippen molar-refractivity contribution in [2.45, 2.75) is 37.6 Å². The van der Waals surface area contributed by atoms with Crippen LogP contribution in [0.1, 0.15) is 50.8 Å². The number of nitrogens with one attached hydrogen (secondary N) is 1. The Labute approximate surface area is 223 Å². The first-order valence-corrected chi connectivity index (χ1v) is 14.4. The maximum atomic E-state index is 13.5. The zero-order valence-electron chi connectivity index (χ0n) is 19.9. The molecule has 0 spiro atoms. The summed E-state index contributed by atoms with van der Waals surface area (Å²) in [5.74, 6) is -0.264. The van der Waals surface area contributed by atoms with Crippen LogP contribution in [0.5, 0.6) is 0 Å². The quantitative estimate of drug-likeness (QED) is 0.352. The van der Waals surface area contributed by atoms with Crippen molar-refractivity contribution in [3.63, 3.8) is 0 Å². The van der Waals surface area contributed by atoms with Gasteiger partial charge in [-0.2, -0.15) is 8.42 Å². The molecule has 1 fully saturated rings. The third-order valence-electron chi connectivity index (χ3n) is 6.82. The highest BCUT2D eigenvalue weighted by atomic mass is 35.5. The number of fused-ring (bicyclic) bond motifs is 1. The van der Waals surface area contributed by atoms with Gasteiger partial charge in [0.05, 0.1) is 29.2 Å². The van der Waals surface area contributed by atoms with Crippen molar-refractivity contribution in [3.05, 3.63) is 74.3 Å². The molecule has 10 nitrogen and oxygen atoms in total. The Balaban J connectivity index is 1.32. The summed E-state index contributed by atoms with van der Waals surface area (Å²) >= 11 is 7.54. The average molecular weight is 564 g/mol. The maximum Gasteiger partial charge on any atom is 0.333 e. The van der Waals surface area contributed by atoms with E-state index in [0.717, 1.165) is 12.1 Å². The molecule has 1 unspecified atom stereocenters. The molecule has 4 atom stereocenters. The molecular weight excluding hydrogens is 538 g/mol. The molecule has 0 amide bonds. The molecule has 1 aromatic carbocycles. The number of benzene rings is 1. The Hall–Kier alpha value is -2.45. The number of halogens is 1. The van der Waals surface area contributed by atoms with Crippen LogP contribution in [0.2, 0.25) is 5.02 Å². The number of nitrogens with zero attached hydrogens (tertiary/aromatic N) is 3. The third kappa shape index (κ3) is 5.70. The van der Waals surface area contributed by atoms with E-state index in [2.05, 4.69) is 24.4 Å². The molecule has 37 heavy (non-hydrogen) atoms. The molecular formula is C24H26ClN5O5S2. The van der Waals surface area contributed by atoms with E-state index >= 15 is 0 Å². The van der Waals surface area contributed by atoms with E-state index < -0.39 is 22.3 Å². The van der Waals surface area contributed by atoms with Crippen LogP contribution in [0.25, 0.3) is 0 Å². The number of thiophene rings is 1. The molecule has 1 aliphatic heterocycles. The Morgan fingerprint density at radius 3 is 2.95 bits per heavy atom. The van der Waals surface area contributed by atoms with E-state index in [1.54, 1.807) is 0 Å². The number of aliphatic hydroxyl groups excluding tert-OH is 1. The van der Waals surface area contributed by atoms with Crippen LogP contribution >= 0.6 is 22.9 Å². The molecule has 1 aliphatic carbocycles. The summed E-state index contributed by atoms with van der Waals surface area (Å²) in [5, 5.41) is 21.2. The van der Waals surface area contributed by atoms with E-state index in [1.807, 2.05) is 36.7 Å². The van der Waals surface area contributed by atoms with E-state index in [0.29, 0.717) is 34.1 Å². The first-order chi connectivity index (χ1) is 17.6. The summed E-state index contributed by atoms with van der Waals surface area (Å²) in [4.78, 5) is 24.6. The van der Waals surface area contributed by atoms with E-state index in [9.17, 15) is 18.3 Å². The van der Waals surface area contributed by atoms with Gasteiger partial charge < -0.3 is 10.4 Å². The molecule has 1 saturated carbocycles. The van der Waals surface area contributed by atoms with Crippen LogP contribution in [-0.4, -0.2) is 60.0 Å². The van der Waals surface area contributed by atoms with Gasteiger partial charge in [0.1, 0.15) is 12.1 Å². The van der Waals surface area contributed by atoms with Gasteiger partial charge in [-0.15, -0.1) is 11.3 Å². The molecule has 2 aromatic heterocycles. The summed E-state index contributed by atoms with van der Waals surface area (Å²) in [6, 6.07) is 7.61. The fourth-order valence-corrected chi connectivity index (χ4v) is 6.58. The number of rotatable bonds is 8. The number of hydrogen-bond donors (Lipinski definition) is 3. The van der Waals surface area contributed by atoms with Crippen molar-refractivity contribution in [3.8, 4) is 0 Å². The SMILES string of the molecule is CN1Cc2cc(Cl)ccc2C1c1csc(C(=O)c2cncnc2N[C@@H]2C[C@H](COS(N)(=O)=O)[C@@H](O)C2)c1. The van der Waals surface area contributed by atoms with Gasteiger partial charge in [0, 0.05) is 29.7 Å². The zero-order chi connectivity index (χ0) is 26.3. The predicted octanol–water partition coefficient (Wildman–Crippen LogP) is 2.73. The van der Waals surface area contributed by atoms with Crippen molar-refractivity contribution in [1.82, 2.24) is 14.9 Å². The molecule has 5 rings (SSSR count). The number of carbonyl (C=O) groups excluding carboxylic acids is 1. The normalized spacial score (nSPS) is 23.8. The Bertz CT molecular complexity index is 1430. The highest BCUT2D eigenvalue weighted by molar-refractivity contribution is 7.84. The van der Waals surface area contributed by atoms with E-state index in [-0.39, 0.29) is 24.5 Å². The highest BCUT2D eigenvalue weighted by Gasteiger charge is 2.35. The van der Waals surface area contributed by atoms with Crippen molar-refractivity contribution < 1.29 is 22.5 Å². The van der Waals surface area contributed by atoms with Crippen molar-refractivity contribution in [2.24, 2.45) is 11.1 Å². The molecule has 0 saturated heterocycles. The lowest BCUT2D eigenvalue weighted by molar-refractivity contribution is 0.101. The third-order valence-corrected chi connectivity index (χ3v) is 8.47. The minimum atomic E-state index is -4.09. The predicted molar refractivity (Wildman–Crippen MR) is 140 cm³/mol. The van der Waals surface area contributed by atoms with E-state index in [1.165, 1.54) is 35.0 Å². The fourth-order valence-electron chi connectivity index (χ4n) is 5.14. The summed E-state index contributed by atoms with van der Waals surface area (Å²) in [6.45, 7) is 0.563. The number of carbonyl (C=O) groups is 1. The molecule has 3 heterocycles. The number of aliphatic hydroxyl groups is 1. The van der Waals surface area contributed by atoms with Gasteiger partial charge in [0.25, 0.3) is 0 Å². The van der Waals surface area contributed by atoms with E-state index in [4.69, 9.17) is 16.7 Å². The number of nitrogens with two attached hydrogens (primary N) is 1. The lowest BCUT2D eigenvalue weighted by Gasteiger charge is -2.19. The Morgan fingerprint density at radius 2 is 2.16 bits per heavy atom. The van der Waals surface area contributed by atoms with Crippen molar-refractivity contribution in [2.75, 3.05) is 19.0 Å². The highest BCUT2D eigenvalue weighted by Crippen LogP contribution is 2.40. The van der Waals surface area contributed by atoms with Gasteiger partial charge in [0.15, 0.2) is 0 Å². The van der Waals surface area contributed by atoms with Crippen LogP contribution in [0.15, 0.2) is 42.2 Å². The lowest BCUT2D eigenvalue weighted by Crippen LogP contribution is -2.24. The van der Waals surface area contributed by atoms with Crippen molar-refractivity contribution in [1.29, 1.82) is 0 Å². The topological polar surface area (TPSA) is 148 Å². The number of anilines is 1. The minimum Gasteiger partial charge on any atom is -0.393 e. The van der Waals surface area contributed by atoms with Crippen molar-refractivity contribution >= 4 is 44.8 Å². The summed E-state index contributed by atoms with van der Waals surface area (Å²) in [6.07, 6.45) is 2.82. The first kappa shape index (κ1) is 26.2. The maximum absolute atomic E-state index is 13.5. The number of ketones is 1. The summed E-state index contributed by atoms with van der Waals surface area (Å²) in [5.41, 5.74) is 3.70. The van der Waals surface area contributed by atoms with Crippen LogP contribution in [0.4, 0.5) is 5.82 Å². The largest absolute Gasteiger partial charge is 0.393 e. The number of hydrogen-bond acceptors (Lipinski definition) is 10. The first-order valence-electron chi connectivity index (χ1n) is 11.6. The van der Waals surface area contributed by atoms with Gasteiger partial charge in [-0.25, -0.2) is 15.1 Å². The minimum absolute atomic E-state index is 0.0335. The zero-order valence-corrected chi connectivity index (χ0v) is 22.3. The monoisotopic (exact) mass is 563 g/mol. The molecule has 3 aromatic rings. The standard InChI is InChI=1S/C24H26ClN5O5S2/c1-30-9-13-4-16(25)2-3-18(13)22(30)15-6-21(36-11-15)23(32)19-8-27-12-28-24(19)29-17-5-14(20(31)7-17)10-35-37(26,33)34/h2-4,6,8,11-12,14,17,20,22,31H,5,7,9-10H2,1H3,(H2,26,33,34)(H,27,28,29)/t14-,17-,20+,22?/m1/s1. The number of aromatic nitrogens is 2. The summed E-state index contributed by atoms with van der Waals surface area (Å²) in [7, 11) is -2.05. The second-order valence-electron chi connectivity index (χ2n) is 9.44. The molecule has 2 aliphatic rings.